The van der Waals surface area contributed by atoms with Crippen molar-refractivity contribution in [3.63, 3.8) is 0 Å². The number of ether oxygens (including phenoxy) is 1. The summed E-state index contributed by atoms with van der Waals surface area (Å²) in [5, 5.41) is 3.18. The molecule has 4 heteroatoms. The smallest absolute Gasteiger partial charge is 0.248 e. The number of hydrogen-bond donors (Lipinski definition) is 1. The summed E-state index contributed by atoms with van der Waals surface area (Å²) in [6.07, 6.45) is 0. The van der Waals surface area contributed by atoms with Gasteiger partial charge in [-0.1, -0.05) is 0 Å². The van der Waals surface area contributed by atoms with Crippen LogP contribution in [0.15, 0.2) is 0 Å². The Hall–Kier alpha value is -0.610. The fourth-order valence-electron chi connectivity index (χ4n) is 1.13. The lowest BCUT2D eigenvalue weighted by molar-refractivity contribution is -0.135. The van der Waals surface area contributed by atoms with E-state index in [9.17, 15) is 4.79 Å². The predicted molar refractivity (Wildman–Crippen MR) is 41.3 cm³/mol. The molecule has 1 rings (SSSR count). The third kappa shape index (κ3) is 2.48. The van der Waals surface area contributed by atoms with Gasteiger partial charge in [-0.05, 0) is 0 Å². The van der Waals surface area contributed by atoms with Gasteiger partial charge in [0.2, 0.25) is 5.91 Å². The molecule has 1 N–H and O–H groups in total. The van der Waals surface area contributed by atoms with Gasteiger partial charge in [0.15, 0.2) is 0 Å². The lowest BCUT2D eigenvalue weighted by Crippen LogP contribution is -2.47. The van der Waals surface area contributed by atoms with Crippen molar-refractivity contribution in [1.82, 2.24) is 10.2 Å². The SMILES string of the molecule is COCC(=O)N1CCNCC1. The second-order valence-electron chi connectivity index (χ2n) is 2.56. The average Bonchev–Trinajstić information content (AvgIpc) is 2.07. The molecule has 1 heterocycles. The van der Waals surface area contributed by atoms with E-state index < -0.39 is 0 Å². The van der Waals surface area contributed by atoms with Gasteiger partial charge in [0.25, 0.3) is 0 Å². The lowest BCUT2D eigenvalue weighted by Gasteiger charge is -2.26. The second-order valence-corrected chi connectivity index (χ2v) is 2.56. The number of nitrogens with zero attached hydrogens (tertiary/aromatic N) is 1. The van der Waals surface area contributed by atoms with Crippen LogP contribution in [-0.2, 0) is 9.53 Å². The maximum Gasteiger partial charge on any atom is 0.248 e. The van der Waals surface area contributed by atoms with Gasteiger partial charge in [0, 0.05) is 33.3 Å². The molecule has 0 atom stereocenters. The summed E-state index contributed by atoms with van der Waals surface area (Å²) in [6.45, 7) is 3.62. The summed E-state index contributed by atoms with van der Waals surface area (Å²) in [5.74, 6) is 0.0917. The average molecular weight is 158 g/mol. The highest BCUT2D eigenvalue weighted by molar-refractivity contribution is 5.77. The summed E-state index contributed by atoms with van der Waals surface area (Å²) >= 11 is 0. The zero-order chi connectivity index (χ0) is 8.10. The van der Waals surface area contributed by atoms with Crippen LogP contribution in [0.1, 0.15) is 0 Å². The molecule has 1 aliphatic heterocycles. The van der Waals surface area contributed by atoms with E-state index in [0.29, 0.717) is 0 Å². The first-order valence-electron chi connectivity index (χ1n) is 3.82. The van der Waals surface area contributed by atoms with Crippen molar-refractivity contribution in [1.29, 1.82) is 0 Å². The molecule has 0 saturated carbocycles. The highest BCUT2D eigenvalue weighted by Gasteiger charge is 2.14. The maximum atomic E-state index is 11.2. The molecule has 0 bridgehead atoms. The minimum atomic E-state index is 0.0917. The molecule has 0 aromatic heterocycles. The van der Waals surface area contributed by atoms with E-state index in [2.05, 4.69) is 5.32 Å². The number of piperazine rings is 1. The van der Waals surface area contributed by atoms with Gasteiger partial charge in [-0.3, -0.25) is 4.79 Å². The van der Waals surface area contributed by atoms with Crippen LogP contribution < -0.4 is 5.32 Å². The van der Waals surface area contributed by atoms with E-state index in [1.54, 1.807) is 7.11 Å². The van der Waals surface area contributed by atoms with Crippen LogP contribution in [0, 0.1) is 0 Å². The number of amides is 1. The van der Waals surface area contributed by atoms with Crippen LogP contribution in [0.5, 0.6) is 0 Å². The van der Waals surface area contributed by atoms with Crippen LogP contribution in [0.2, 0.25) is 0 Å². The summed E-state index contributed by atoms with van der Waals surface area (Å²) in [4.78, 5) is 13.0. The molecule has 1 fully saturated rings. The molecule has 0 spiro atoms. The van der Waals surface area contributed by atoms with Crippen molar-refractivity contribution < 1.29 is 9.53 Å². The molecule has 1 saturated heterocycles. The Balaban J connectivity index is 2.27. The number of carbonyl (C=O) groups excluding carboxylic acids is 1. The maximum absolute atomic E-state index is 11.2. The highest BCUT2D eigenvalue weighted by Crippen LogP contribution is 1.92. The standard InChI is InChI=1S/C7H14N2O2/c1-11-6-7(10)9-4-2-8-3-5-9/h8H,2-6H2,1H3. The normalized spacial score (nSPS) is 18.5. The fourth-order valence-corrected chi connectivity index (χ4v) is 1.13. The van der Waals surface area contributed by atoms with Gasteiger partial charge in [-0.2, -0.15) is 0 Å². The third-order valence-electron chi connectivity index (χ3n) is 1.74. The number of methoxy groups -OCH3 is 1. The van der Waals surface area contributed by atoms with E-state index in [-0.39, 0.29) is 12.5 Å². The molecule has 0 aliphatic carbocycles. The van der Waals surface area contributed by atoms with E-state index in [0.717, 1.165) is 26.2 Å². The molecular weight excluding hydrogens is 144 g/mol. The van der Waals surface area contributed by atoms with Gasteiger partial charge >= 0.3 is 0 Å². The summed E-state index contributed by atoms with van der Waals surface area (Å²) in [7, 11) is 1.54. The summed E-state index contributed by atoms with van der Waals surface area (Å²) in [6, 6.07) is 0. The monoisotopic (exact) mass is 158 g/mol. The Bertz CT molecular complexity index is 132. The van der Waals surface area contributed by atoms with Crippen molar-refractivity contribution >= 4 is 5.91 Å². The van der Waals surface area contributed by atoms with Crippen molar-refractivity contribution in [2.45, 2.75) is 0 Å². The van der Waals surface area contributed by atoms with Crippen LogP contribution >= 0.6 is 0 Å². The largest absolute Gasteiger partial charge is 0.375 e. The molecule has 0 unspecified atom stereocenters. The molecule has 1 aliphatic rings. The van der Waals surface area contributed by atoms with Crippen LogP contribution in [0.25, 0.3) is 0 Å². The van der Waals surface area contributed by atoms with Gasteiger partial charge in [0.1, 0.15) is 6.61 Å². The Labute approximate surface area is 66.5 Å². The second kappa shape index (κ2) is 4.31. The quantitative estimate of drug-likeness (QED) is 0.564. The molecular formula is C7H14N2O2. The first-order chi connectivity index (χ1) is 5.34. The van der Waals surface area contributed by atoms with E-state index in [1.165, 1.54) is 0 Å². The Morgan fingerprint density at radius 1 is 1.55 bits per heavy atom. The minimum absolute atomic E-state index is 0.0917. The number of nitrogens with one attached hydrogen (secondary N) is 1. The lowest BCUT2D eigenvalue weighted by atomic mass is 10.3. The number of carbonyl (C=O) groups is 1. The van der Waals surface area contributed by atoms with Crippen molar-refractivity contribution in [3.8, 4) is 0 Å². The molecule has 64 valence electrons. The minimum Gasteiger partial charge on any atom is -0.375 e. The number of hydrogen-bond acceptors (Lipinski definition) is 3. The van der Waals surface area contributed by atoms with Gasteiger partial charge in [-0.15, -0.1) is 0 Å². The highest BCUT2D eigenvalue weighted by atomic mass is 16.5. The molecule has 4 nitrogen and oxygen atoms in total. The van der Waals surface area contributed by atoms with Crippen molar-refractivity contribution in [2.24, 2.45) is 0 Å². The molecule has 0 radical (unpaired) electrons. The third-order valence-corrected chi connectivity index (χ3v) is 1.74. The molecule has 1 amide bonds. The molecule has 11 heavy (non-hydrogen) atoms. The number of rotatable bonds is 2. The van der Waals surface area contributed by atoms with Crippen LogP contribution in [0.3, 0.4) is 0 Å². The molecule has 0 aromatic rings. The first-order valence-corrected chi connectivity index (χ1v) is 3.82. The predicted octanol–water partition coefficient (Wildman–Crippen LogP) is -0.935. The zero-order valence-corrected chi connectivity index (χ0v) is 6.80. The Morgan fingerprint density at radius 3 is 2.73 bits per heavy atom. The van der Waals surface area contributed by atoms with E-state index >= 15 is 0 Å². The van der Waals surface area contributed by atoms with Crippen LogP contribution in [-0.4, -0.2) is 50.7 Å². The Morgan fingerprint density at radius 2 is 2.18 bits per heavy atom. The fraction of sp³-hybridized carbons (Fsp3) is 0.857. The van der Waals surface area contributed by atoms with Gasteiger partial charge in [0.05, 0.1) is 0 Å². The summed E-state index contributed by atoms with van der Waals surface area (Å²) in [5.41, 5.74) is 0. The van der Waals surface area contributed by atoms with Crippen molar-refractivity contribution in [3.05, 3.63) is 0 Å². The summed E-state index contributed by atoms with van der Waals surface area (Å²) < 4.78 is 4.75. The van der Waals surface area contributed by atoms with Crippen LogP contribution in [0.4, 0.5) is 0 Å². The van der Waals surface area contributed by atoms with Crippen molar-refractivity contribution in [2.75, 3.05) is 39.9 Å². The topological polar surface area (TPSA) is 41.6 Å². The zero-order valence-electron chi connectivity index (χ0n) is 6.80. The van der Waals surface area contributed by atoms with E-state index in [4.69, 9.17) is 4.74 Å². The molecule has 0 aromatic carbocycles. The van der Waals surface area contributed by atoms with Gasteiger partial charge in [-0.25, -0.2) is 0 Å². The van der Waals surface area contributed by atoms with E-state index in [1.807, 2.05) is 4.90 Å². The first kappa shape index (κ1) is 8.49. The van der Waals surface area contributed by atoms with Gasteiger partial charge < -0.3 is 15.0 Å². The Kier molecular flexibility index (Phi) is 3.32.